The van der Waals surface area contributed by atoms with Gasteiger partial charge in [0.1, 0.15) is 9.99 Å². The van der Waals surface area contributed by atoms with Gasteiger partial charge in [0, 0.05) is 6.20 Å². The van der Waals surface area contributed by atoms with Crippen molar-refractivity contribution in [1.29, 1.82) is 0 Å². The van der Waals surface area contributed by atoms with E-state index in [1.54, 1.807) is 24.4 Å². The van der Waals surface area contributed by atoms with Gasteiger partial charge in [0.2, 0.25) is 0 Å². The first kappa shape index (κ1) is 9.18. The van der Waals surface area contributed by atoms with Crippen molar-refractivity contribution in [1.82, 2.24) is 4.98 Å². The van der Waals surface area contributed by atoms with Gasteiger partial charge in [-0.25, -0.2) is 9.35 Å². The Morgan fingerprint density at radius 3 is 2.75 bits per heavy atom. The van der Waals surface area contributed by atoms with Crippen LogP contribution in [0.25, 0.3) is 0 Å². The van der Waals surface area contributed by atoms with Crippen molar-refractivity contribution in [3.05, 3.63) is 30.1 Å². The molecule has 0 aliphatic rings. The first-order valence-corrected chi connectivity index (χ1v) is 4.89. The first-order valence-electron chi connectivity index (χ1n) is 3.31. The quantitative estimate of drug-likeness (QED) is 0.487. The fourth-order valence-corrected chi connectivity index (χ4v) is 1.14. The van der Waals surface area contributed by atoms with Gasteiger partial charge >= 0.3 is 0 Å². The van der Waals surface area contributed by atoms with Crippen molar-refractivity contribution < 1.29 is 8.76 Å². The third-order valence-electron chi connectivity index (χ3n) is 1.46. The molecule has 1 aromatic heterocycles. The van der Waals surface area contributed by atoms with Crippen LogP contribution in [-0.4, -0.2) is 18.6 Å². The van der Waals surface area contributed by atoms with E-state index in [1.807, 2.05) is 0 Å². The molecule has 1 atom stereocenters. The molecule has 0 radical (unpaired) electrons. The minimum atomic E-state index is -3.35. The second kappa shape index (κ2) is 3.22. The molecular formula is C7H10N2O2S. The van der Waals surface area contributed by atoms with Crippen molar-refractivity contribution >= 4 is 14.9 Å². The molecule has 0 fully saturated rings. The zero-order valence-corrected chi connectivity index (χ0v) is 7.41. The molecule has 1 aromatic rings. The molecule has 0 saturated heterocycles. The summed E-state index contributed by atoms with van der Waals surface area (Å²) in [6.07, 6.45) is 1.55. The van der Waals surface area contributed by atoms with Gasteiger partial charge in [-0.05, 0) is 19.1 Å². The number of pyridine rings is 1. The summed E-state index contributed by atoms with van der Waals surface area (Å²) in [6.45, 7) is 1.49. The van der Waals surface area contributed by atoms with Crippen LogP contribution in [0.15, 0.2) is 24.4 Å². The summed E-state index contributed by atoms with van der Waals surface area (Å²) in [5.41, 5.74) is 0.451. The van der Waals surface area contributed by atoms with E-state index in [4.69, 9.17) is 9.69 Å². The van der Waals surface area contributed by atoms with Gasteiger partial charge in [0.25, 0.3) is 0 Å². The monoisotopic (exact) mass is 186 g/mol. The van der Waals surface area contributed by atoms with Crippen molar-refractivity contribution in [2.75, 3.05) is 0 Å². The van der Waals surface area contributed by atoms with E-state index < -0.39 is 9.99 Å². The first-order chi connectivity index (χ1) is 5.52. The molecule has 3 N–H and O–H groups in total. The molecule has 12 heavy (non-hydrogen) atoms. The van der Waals surface area contributed by atoms with Crippen LogP contribution >= 0.6 is 0 Å². The minimum absolute atomic E-state index is 0.197. The van der Waals surface area contributed by atoms with Gasteiger partial charge in [-0.15, -0.1) is 0 Å². The van der Waals surface area contributed by atoms with E-state index in [1.165, 1.54) is 6.92 Å². The predicted molar refractivity (Wildman–Crippen MR) is 49.0 cm³/mol. The zero-order chi connectivity index (χ0) is 9.19. The molecule has 0 amide bonds. The summed E-state index contributed by atoms with van der Waals surface area (Å²) in [4.78, 5) is 4.09. The summed E-state index contributed by atoms with van der Waals surface area (Å²) in [5.74, 6) is 0. The van der Waals surface area contributed by atoms with Crippen molar-refractivity contribution in [2.24, 2.45) is 5.14 Å². The summed E-state index contributed by atoms with van der Waals surface area (Å²) >= 11 is 0. The molecule has 4 nitrogen and oxygen atoms in total. The lowest BCUT2D eigenvalue weighted by molar-refractivity contribution is 0.561. The second-order valence-electron chi connectivity index (χ2n) is 2.34. The predicted octanol–water partition coefficient (Wildman–Crippen LogP) is 0.253. The maximum Gasteiger partial charge on any atom is 0.147 e. The number of hydrogen-bond acceptors (Lipinski definition) is 2. The van der Waals surface area contributed by atoms with E-state index in [9.17, 15) is 4.21 Å². The lowest BCUT2D eigenvalue weighted by atomic mass is 10.3. The Balaban J connectivity index is 3.28. The molecule has 0 aliphatic carbocycles. The SMILES string of the molecule is CC(c1ccccn1)=S(N)(=O)O. The average molecular weight is 186 g/mol. The van der Waals surface area contributed by atoms with Crippen molar-refractivity contribution in [3.63, 3.8) is 0 Å². The van der Waals surface area contributed by atoms with E-state index >= 15 is 0 Å². The van der Waals surface area contributed by atoms with Gasteiger partial charge in [0.05, 0.1) is 10.6 Å². The standard InChI is InChI=1S/C7H10N2O2S/c1-6(12(8,10)11)7-4-2-3-5-9-7/h2-5H,1H3,(H3,8,10,11). The number of hydrogen-bond donors (Lipinski definition) is 2. The molecule has 0 bridgehead atoms. The maximum atomic E-state index is 10.9. The smallest absolute Gasteiger partial charge is 0.147 e. The van der Waals surface area contributed by atoms with Crippen LogP contribution in [0.4, 0.5) is 0 Å². The number of nitrogens with two attached hydrogens (primary N) is 1. The van der Waals surface area contributed by atoms with Crippen molar-refractivity contribution in [3.8, 4) is 0 Å². The lowest BCUT2D eigenvalue weighted by Gasteiger charge is -2.01. The summed E-state index contributed by atoms with van der Waals surface area (Å²) in [6, 6.07) is 5.10. The number of rotatable bonds is 1. The summed E-state index contributed by atoms with van der Waals surface area (Å²) in [5, 5.41) is 5.02. The van der Waals surface area contributed by atoms with E-state index in [0.717, 1.165) is 0 Å². The van der Waals surface area contributed by atoms with Crippen LogP contribution < -0.4 is 5.14 Å². The normalized spacial score (nSPS) is 15.2. The van der Waals surface area contributed by atoms with Gasteiger partial charge < -0.3 is 4.55 Å². The Hall–Kier alpha value is -0.910. The van der Waals surface area contributed by atoms with Crippen LogP contribution in [0, 0.1) is 0 Å². The Morgan fingerprint density at radius 1 is 1.67 bits per heavy atom. The van der Waals surface area contributed by atoms with Crippen LogP contribution in [0.1, 0.15) is 12.6 Å². The van der Waals surface area contributed by atoms with Gasteiger partial charge in [-0.2, -0.15) is 0 Å². The lowest BCUT2D eigenvalue weighted by Crippen LogP contribution is -2.21. The summed E-state index contributed by atoms with van der Waals surface area (Å²) in [7, 11) is -3.35. The summed E-state index contributed by atoms with van der Waals surface area (Å²) < 4.78 is 19.9. The molecule has 0 aliphatic heterocycles. The Morgan fingerprint density at radius 2 is 2.33 bits per heavy atom. The van der Waals surface area contributed by atoms with Gasteiger partial charge in [-0.1, -0.05) is 6.07 Å². The van der Waals surface area contributed by atoms with Crippen molar-refractivity contribution in [2.45, 2.75) is 6.92 Å². The second-order valence-corrected chi connectivity index (χ2v) is 4.09. The van der Waals surface area contributed by atoms with Gasteiger partial charge in [-0.3, -0.25) is 4.98 Å². The molecule has 66 valence electrons. The third-order valence-corrected chi connectivity index (χ3v) is 2.55. The highest BCUT2D eigenvalue weighted by Gasteiger charge is 2.04. The highest BCUT2D eigenvalue weighted by atomic mass is 32.2. The third kappa shape index (κ3) is 2.04. The molecule has 0 saturated carbocycles. The van der Waals surface area contributed by atoms with E-state index in [2.05, 4.69) is 4.98 Å². The highest BCUT2D eigenvalue weighted by Crippen LogP contribution is 1.97. The highest BCUT2D eigenvalue weighted by molar-refractivity contribution is 7.95. The van der Waals surface area contributed by atoms with Crippen LogP contribution in [0.3, 0.4) is 0 Å². The Labute approximate surface area is 71.4 Å². The van der Waals surface area contributed by atoms with Crippen LogP contribution in [0.5, 0.6) is 0 Å². The van der Waals surface area contributed by atoms with Gasteiger partial charge in [0.15, 0.2) is 0 Å². The number of nitrogens with zero attached hydrogens (tertiary/aromatic N) is 1. The number of aromatic nitrogens is 1. The molecule has 5 heteroatoms. The average Bonchev–Trinajstić information content (AvgIpc) is 2.03. The molecule has 0 spiro atoms. The molecule has 1 rings (SSSR count). The molecular weight excluding hydrogens is 176 g/mol. The maximum absolute atomic E-state index is 10.9. The molecule has 0 aromatic carbocycles. The fourth-order valence-electron chi connectivity index (χ4n) is 0.721. The Kier molecular flexibility index (Phi) is 2.46. The van der Waals surface area contributed by atoms with E-state index in [-0.39, 0.29) is 4.86 Å². The minimum Gasteiger partial charge on any atom is -0.302 e. The van der Waals surface area contributed by atoms with Crippen LogP contribution in [0.2, 0.25) is 0 Å². The zero-order valence-electron chi connectivity index (χ0n) is 6.60. The Bertz CT molecular complexity index is 372. The molecule has 1 unspecified atom stereocenters. The van der Waals surface area contributed by atoms with Crippen LogP contribution in [-0.2, 0) is 9.99 Å². The topological polar surface area (TPSA) is 76.2 Å². The largest absolute Gasteiger partial charge is 0.302 e. The molecule has 1 heterocycles. The van der Waals surface area contributed by atoms with E-state index in [0.29, 0.717) is 5.69 Å². The fraction of sp³-hybridized carbons (Fsp3) is 0.143.